The number of thiazole rings is 1. The summed E-state index contributed by atoms with van der Waals surface area (Å²) in [6, 6.07) is 5.61. The number of aromatic amines is 1. The Balaban J connectivity index is 1.90. The van der Waals surface area contributed by atoms with E-state index in [4.69, 9.17) is 16.6 Å². The number of aromatic nitrogens is 5. The van der Waals surface area contributed by atoms with Gasteiger partial charge in [-0.05, 0) is 22.9 Å². The minimum Gasteiger partial charge on any atom is -0.457 e. The zero-order valence-electron chi connectivity index (χ0n) is 20.4. The molecule has 0 saturated carbocycles. The number of primary sulfonamides is 1. The number of tetrazole rings is 1. The van der Waals surface area contributed by atoms with E-state index in [1.807, 2.05) is 4.72 Å². The summed E-state index contributed by atoms with van der Waals surface area (Å²) in [4.78, 5) is 13.7. The standard InChI is InChI=1S/C20H20F3N9O6S3/c21-20(22,23)19(33)38-8-9(6-24)30-41(36,37)13-5-4-10(11-2-1-3-12-16(11)27-14(7-25)39-12)15(17(13)40(26,34)35)18-28-31-32-29-18/h1-5,9,30H,6-8,24-25H2,(H2,26,34,35)(H,28,29,31,32). The molecular formula is C20H20F3N9O6S3. The molecular weight excluding hydrogens is 615 g/mol. The summed E-state index contributed by atoms with van der Waals surface area (Å²) in [6.45, 7) is -1.60. The average Bonchev–Trinajstić information content (AvgIpc) is 3.58. The number of nitrogens with one attached hydrogen (secondary N) is 2. The Bertz CT molecular complexity index is 1810. The Morgan fingerprint density at radius 3 is 2.44 bits per heavy atom. The maximum atomic E-state index is 13.4. The second kappa shape index (κ2) is 11.3. The Labute approximate surface area is 233 Å². The summed E-state index contributed by atoms with van der Waals surface area (Å²) < 4.78 is 96.9. The second-order valence-corrected chi connectivity index (χ2v) is 12.5. The summed E-state index contributed by atoms with van der Waals surface area (Å²) >= 11 is 1.29. The number of nitrogens with zero attached hydrogens (tertiary/aromatic N) is 4. The van der Waals surface area contributed by atoms with Crippen molar-refractivity contribution in [3.05, 3.63) is 35.3 Å². The molecule has 1 unspecified atom stereocenters. The van der Waals surface area contributed by atoms with Crippen LogP contribution < -0.4 is 21.3 Å². The van der Waals surface area contributed by atoms with Crippen LogP contribution in [0.2, 0.25) is 0 Å². The normalized spacial score (nSPS) is 13.4. The minimum atomic E-state index is -5.33. The number of esters is 1. The van der Waals surface area contributed by atoms with Crippen molar-refractivity contribution < 1.29 is 39.5 Å². The molecule has 220 valence electrons. The molecule has 0 saturated heterocycles. The van der Waals surface area contributed by atoms with Crippen LogP contribution in [0, 0.1) is 0 Å². The van der Waals surface area contributed by atoms with Gasteiger partial charge in [-0.3, -0.25) is 0 Å². The van der Waals surface area contributed by atoms with Crippen LogP contribution in [0.25, 0.3) is 32.7 Å². The van der Waals surface area contributed by atoms with Gasteiger partial charge in [0.1, 0.15) is 21.4 Å². The van der Waals surface area contributed by atoms with Gasteiger partial charge < -0.3 is 16.2 Å². The Hall–Kier alpha value is -3.60. The van der Waals surface area contributed by atoms with E-state index in [0.717, 1.165) is 6.07 Å². The first-order chi connectivity index (χ1) is 19.2. The fraction of sp³-hybridized carbons (Fsp3) is 0.250. The molecule has 21 heteroatoms. The first-order valence-electron chi connectivity index (χ1n) is 11.2. The van der Waals surface area contributed by atoms with E-state index >= 15 is 0 Å². The monoisotopic (exact) mass is 635 g/mol. The van der Waals surface area contributed by atoms with Gasteiger partial charge in [0.15, 0.2) is 0 Å². The summed E-state index contributed by atoms with van der Waals surface area (Å²) in [6.07, 6.45) is -5.33. The molecule has 0 amide bonds. The smallest absolute Gasteiger partial charge is 0.457 e. The molecule has 1 atom stereocenters. The number of hydrogen-bond donors (Lipinski definition) is 5. The average molecular weight is 636 g/mol. The van der Waals surface area contributed by atoms with Crippen LogP contribution in [0.5, 0.6) is 0 Å². The number of nitrogens with two attached hydrogens (primary N) is 3. The number of benzene rings is 2. The number of sulfonamides is 2. The molecule has 41 heavy (non-hydrogen) atoms. The molecule has 2 aromatic carbocycles. The fourth-order valence-electron chi connectivity index (χ4n) is 3.76. The number of halogens is 3. The summed E-state index contributed by atoms with van der Waals surface area (Å²) in [5, 5.41) is 19.3. The van der Waals surface area contributed by atoms with Crippen molar-refractivity contribution in [1.82, 2.24) is 30.3 Å². The summed E-state index contributed by atoms with van der Waals surface area (Å²) in [5.41, 5.74) is 11.7. The van der Waals surface area contributed by atoms with Crippen LogP contribution in [0.3, 0.4) is 0 Å². The summed E-state index contributed by atoms with van der Waals surface area (Å²) in [7, 11) is -9.79. The third-order valence-electron chi connectivity index (χ3n) is 5.45. The number of H-pyrrole nitrogens is 1. The van der Waals surface area contributed by atoms with Crippen molar-refractivity contribution in [3.63, 3.8) is 0 Å². The largest absolute Gasteiger partial charge is 0.490 e. The van der Waals surface area contributed by atoms with Crippen LogP contribution in [0.1, 0.15) is 5.01 Å². The molecule has 0 spiro atoms. The highest BCUT2D eigenvalue weighted by Crippen LogP contribution is 2.41. The fourth-order valence-corrected chi connectivity index (χ4v) is 7.47. The molecule has 0 fully saturated rings. The van der Waals surface area contributed by atoms with Crippen molar-refractivity contribution in [3.8, 4) is 22.5 Å². The van der Waals surface area contributed by atoms with Crippen molar-refractivity contribution >= 4 is 47.6 Å². The molecule has 8 N–H and O–H groups in total. The lowest BCUT2D eigenvalue weighted by Crippen LogP contribution is -2.45. The number of carbonyl (C=O) groups is 1. The van der Waals surface area contributed by atoms with Gasteiger partial charge in [0.05, 0.1) is 21.8 Å². The molecule has 15 nitrogen and oxygen atoms in total. The number of alkyl halides is 3. The SMILES string of the molecule is NCc1nc2c(-c3ccc(S(=O)(=O)NC(CN)COC(=O)C(F)(F)F)c(S(N)(=O)=O)c3-c3nn[nH]n3)cccc2s1. The van der Waals surface area contributed by atoms with E-state index in [1.54, 1.807) is 18.2 Å². The third kappa shape index (κ3) is 6.34. The van der Waals surface area contributed by atoms with Crippen LogP contribution in [-0.2, 0) is 36.1 Å². The van der Waals surface area contributed by atoms with E-state index in [2.05, 4.69) is 30.3 Å². The van der Waals surface area contributed by atoms with Crippen LogP contribution in [0.15, 0.2) is 40.1 Å². The van der Waals surface area contributed by atoms with Gasteiger partial charge in [-0.25, -0.2) is 36.5 Å². The number of rotatable bonds is 10. The molecule has 0 radical (unpaired) electrons. The minimum absolute atomic E-state index is 0.114. The predicted octanol–water partition coefficient (Wildman–Crippen LogP) is -0.0394. The Morgan fingerprint density at radius 2 is 1.85 bits per heavy atom. The van der Waals surface area contributed by atoms with Gasteiger partial charge in [-0.2, -0.15) is 18.4 Å². The number of para-hydroxylation sites is 1. The van der Waals surface area contributed by atoms with E-state index in [1.165, 1.54) is 17.4 Å². The topological polar surface area (TPSA) is 252 Å². The van der Waals surface area contributed by atoms with Gasteiger partial charge in [-0.15, -0.1) is 21.5 Å². The maximum absolute atomic E-state index is 13.4. The quantitative estimate of drug-likeness (QED) is 0.144. The molecule has 0 aliphatic carbocycles. The first-order valence-corrected chi connectivity index (χ1v) is 15.0. The predicted molar refractivity (Wildman–Crippen MR) is 138 cm³/mol. The van der Waals surface area contributed by atoms with Crippen molar-refractivity contribution in [2.24, 2.45) is 16.6 Å². The second-order valence-electron chi connectivity index (χ2n) is 8.21. The molecule has 0 aliphatic rings. The van der Waals surface area contributed by atoms with E-state index in [-0.39, 0.29) is 23.5 Å². The van der Waals surface area contributed by atoms with E-state index in [0.29, 0.717) is 20.8 Å². The lowest BCUT2D eigenvalue weighted by atomic mass is 9.98. The number of fused-ring (bicyclic) bond motifs is 1. The lowest BCUT2D eigenvalue weighted by molar-refractivity contribution is -0.200. The number of carbonyl (C=O) groups excluding carboxylic acids is 1. The molecule has 4 rings (SSSR count). The van der Waals surface area contributed by atoms with E-state index < -0.39 is 61.2 Å². The zero-order valence-corrected chi connectivity index (χ0v) is 22.9. The molecule has 0 aliphatic heterocycles. The number of ether oxygens (including phenoxy) is 1. The Kier molecular flexibility index (Phi) is 8.40. The van der Waals surface area contributed by atoms with Crippen molar-refractivity contribution in [1.29, 1.82) is 0 Å². The van der Waals surface area contributed by atoms with Gasteiger partial charge >= 0.3 is 12.1 Å². The van der Waals surface area contributed by atoms with Gasteiger partial charge in [0.2, 0.25) is 25.9 Å². The highest BCUT2D eigenvalue weighted by atomic mass is 32.2. The third-order valence-corrected chi connectivity index (χ3v) is 9.17. The maximum Gasteiger partial charge on any atom is 0.490 e. The Morgan fingerprint density at radius 1 is 1.12 bits per heavy atom. The van der Waals surface area contributed by atoms with Crippen LogP contribution in [0.4, 0.5) is 13.2 Å². The highest BCUT2D eigenvalue weighted by molar-refractivity contribution is 7.92. The first kappa shape index (κ1) is 30.4. The highest BCUT2D eigenvalue weighted by Gasteiger charge is 2.41. The number of hydrogen-bond acceptors (Lipinski definition) is 13. The van der Waals surface area contributed by atoms with Crippen LogP contribution >= 0.6 is 11.3 Å². The van der Waals surface area contributed by atoms with Crippen molar-refractivity contribution in [2.45, 2.75) is 28.6 Å². The molecule has 4 aromatic rings. The zero-order chi connectivity index (χ0) is 30.2. The molecule has 2 aromatic heterocycles. The molecule has 0 bridgehead atoms. The van der Waals surface area contributed by atoms with Gasteiger partial charge in [0.25, 0.3) is 0 Å². The van der Waals surface area contributed by atoms with Crippen molar-refractivity contribution in [2.75, 3.05) is 13.2 Å². The summed E-state index contributed by atoms with van der Waals surface area (Å²) in [5.74, 6) is -2.92. The van der Waals surface area contributed by atoms with E-state index in [9.17, 15) is 34.8 Å². The molecule has 2 heterocycles. The van der Waals surface area contributed by atoms with Gasteiger partial charge in [0, 0.05) is 18.7 Å². The van der Waals surface area contributed by atoms with Gasteiger partial charge in [-0.1, -0.05) is 18.2 Å². The lowest BCUT2D eigenvalue weighted by Gasteiger charge is -2.20. The van der Waals surface area contributed by atoms with Crippen LogP contribution in [-0.4, -0.2) is 73.8 Å².